The summed E-state index contributed by atoms with van der Waals surface area (Å²) in [6.07, 6.45) is -3.12. The van der Waals surface area contributed by atoms with Gasteiger partial charge in [0, 0.05) is 30.4 Å². The second kappa shape index (κ2) is 20.5. The maximum Gasteiger partial charge on any atom is 0.326 e. The van der Waals surface area contributed by atoms with Gasteiger partial charge in [-0.25, -0.2) is 4.79 Å². The zero-order valence-electron chi connectivity index (χ0n) is 28.4. The van der Waals surface area contributed by atoms with Gasteiger partial charge in [-0.05, 0) is 37.6 Å². The van der Waals surface area contributed by atoms with Crippen LogP contribution in [0.4, 0.5) is 0 Å². The number of carbonyl (C=O) groups is 7. The number of Topliss-reactive ketones (excluding diaryl/α,β-unsaturated/α-hetero) is 1. The van der Waals surface area contributed by atoms with E-state index in [2.05, 4.69) is 26.6 Å². The van der Waals surface area contributed by atoms with Gasteiger partial charge in [0.15, 0.2) is 5.78 Å². The molecule has 17 nitrogen and oxygen atoms in total. The van der Waals surface area contributed by atoms with Crippen molar-refractivity contribution in [3.63, 3.8) is 0 Å². The summed E-state index contributed by atoms with van der Waals surface area (Å²) in [4.78, 5) is 90.6. The molecule has 11 N–H and O–H groups in total. The van der Waals surface area contributed by atoms with Gasteiger partial charge >= 0.3 is 5.97 Å². The first-order valence-electron chi connectivity index (χ1n) is 16.3. The number of carboxylic acids is 1. The fourth-order valence-electron chi connectivity index (χ4n) is 5.36. The zero-order chi connectivity index (χ0) is 38.6. The smallest absolute Gasteiger partial charge is 0.326 e. The van der Waals surface area contributed by atoms with Crippen LogP contribution >= 0.6 is 34.8 Å². The molecule has 20 heteroatoms. The number of ether oxygens (including phenoxy) is 1. The Labute approximate surface area is 309 Å². The first-order valence-corrected chi connectivity index (χ1v) is 17.6. The fraction of sp³-hybridized carbons (Fsp3) is 0.645. The van der Waals surface area contributed by atoms with E-state index in [0.717, 1.165) is 0 Å². The van der Waals surface area contributed by atoms with Crippen molar-refractivity contribution in [1.29, 1.82) is 0 Å². The minimum Gasteiger partial charge on any atom is -0.491 e. The van der Waals surface area contributed by atoms with Gasteiger partial charge in [-0.3, -0.25) is 28.8 Å². The van der Waals surface area contributed by atoms with Crippen LogP contribution in [0.3, 0.4) is 0 Å². The molecule has 1 aliphatic carbocycles. The zero-order valence-corrected chi connectivity index (χ0v) is 30.6. The lowest BCUT2D eigenvalue weighted by Crippen LogP contribution is -2.63. The van der Waals surface area contributed by atoms with Crippen LogP contribution in [0.1, 0.15) is 59.3 Å². The molecule has 1 unspecified atom stereocenters. The van der Waals surface area contributed by atoms with Crippen LogP contribution < -0.4 is 38.1 Å². The molecule has 0 saturated heterocycles. The van der Waals surface area contributed by atoms with Gasteiger partial charge in [0.05, 0.1) is 12.6 Å². The second-order valence-corrected chi connectivity index (χ2v) is 14.0. The number of nitrogens with two attached hydrogens (primary N) is 2. The van der Waals surface area contributed by atoms with E-state index in [0.29, 0.717) is 5.54 Å². The Hall–Kier alpha value is -3.48. The Balaban J connectivity index is 2.60. The van der Waals surface area contributed by atoms with Crippen molar-refractivity contribution in [3.8, 4) is 0 Å². The van der Waals surface area contributed by atoms with Crippen LogP contribution in [0.15, 0.2) is 22.6 Å². The van der Waals surface area contributed by atoms with Gasteiger partial charge in [-0.1, -0.05) is 32.4 Å². The van der Waals surface area contributed by atoms with E-state index in [1.54, 1.807) is 20.8 Å². The predicted octanol–water partition coefficient (Wildman–Crippen LogP) is -0.843. The number of amides is 5. The standard InChI is InChI=1S/C31H46Cl3N7O10/c1-13(2)25-24(30(48)39-18(11-32)28(46)38-17(31(49)50)10-15-19(42)6-7-21(15)51-25)41-29(47)23(20(43)5-4-8-35)40-27(45)16(37-22(44)12-36)9-14(3)26(33)34/h11,13-14,16-17,20,23-26,43H,4-10,12,35-36H2,1-3H3,(H,37,44)(H,38,46)(H,39,48)(H,40,45)(H,41,47)(H,49,50)/b18-11+/t14?,16-,17-,20+,23-,24-,25-/m0/s1. The summed E-state index contributed by atoms with van der Waals surface area (Å²) in [5, 5.41) is 32.8. The summed E-state index contributed by atoms with van der Waals surface area (Å²) in [6, 6.07) is -6.26. The largest absolute Gasteiger partial charge is 0.491 e. The van der Waals surface area contributed by atoms with Gasteiger partial charge in [-0.15, -0.1) is 23.2 Å². The Bertz CT molecular complexity index is 1390. The first-order chi connectivity index (χ1) is 23.9. The second-order valence-electron chi connectivity index (χ2n) is 12.6. The van der Waals surface area contributed by atoms with Crippen molar-refractivity contribution < 1.29 is 48.5 Å². The third-order valence-corrected chi connectivity index (χ3v) is 9.34. The fourth-order valence-corrected chi connectivity index (χ4v) is 5.72. The maximum atomic E-state index is 14.0. The number of aliphatic hydroxyl groups excluding tert-OH is 1. The van der Waals surface area contributed by atoms with E-state index in [-0.39, 0.29) is 50.0 Å². The molecule has 2 rings (SSSR count). The number of ketones is 1. The number of aliphatic hydroxyl groups is 1. The molecule has 51 heavy (non-hydrogen) atoms. The molecule has 2 aliphatic rings. The van der Waals surface area contributed by atoms with Gasteiger partial charge in [0.1, 0.15) is 46.6 Å². The lowest BCUT2D eigenvalue weighted by molar-refractivity contribution is -0.141. The Morgan fingerprint density at radius 1 is 1.06 bits per heavy atom. The molecule has 0 saturated carbocycles. The molecule has 0 bridgehead atoms. The number of carboxylic acid groups (broad SMARTS) is 1. The van der Waals surface area contributed by atoms with Gasteiger partial charge in [0.2, 0.25) is 17.7 Å². The van der Waals surface area contributed by atoms with Crippen molar-refractivity contribution in [2.45, 2.75) is 101 Å². The van der Waals surface area contributed by atoms with E-state index in [1.165, 1.54) is 0 Å². The van der Waals surface area contributed by atoms with E-state index in [4.69, 9.17) is 51.0 Å². The molecule has 0 aromatic heterocycles. The number of halogens is 3. The van der Waals surface area contributed by atoms with Gasteiger partial charge in [-0.2, -0.15) is 0 Å². The number of aliphatic carboxylic acids is 1. The molecular weight excluding hydrogens is 737 g/mol. The van der Waals surface area contributed by atoms with Crippen LogP contribution in [0.5, 0.6) is 0 Å². The number of rotatable bonds is 15. The summed E-state index contributed by atoms with van der Waals surface area (Å²) in [5.41, 5.74) is 11.1. The number of nitrogens with one attached hydrogen (secondary N) is 5. The molecule has 0 spiro atoms. The van der Waals surface area contributed by atoms with Crippen LogP contribution in [0.25, 0.3) is 0 Å². The molecule has 286 valence electrons. The average molecular weight is 783 g/mol. The molecule has 1 heterocycles. The Morgan fingerprint density at radius 2 is 1.73 bits per heavy atom. The van der Waals surface area contributed by atoms with E-state index < -0.39 is 113 Å². The lowest BCUT2D eigenvalue weighted by Gasteiger charge is -2.34. The minimum absolute atomic E-state index is 0.00548. The van der Waals surface area contributed by atoms with Gasteiger partial charge in [0.25, 0.3) is 11.8 Å². The van der Waals surface area contributed by atoms with Crippen molar-refractivity contribution in [3.05, 3.63) is 22.6 Å². The maximum absolute atomic E-state index is 14.0. The lowest BCUT2D eigenvalue weighted by atomic mass is 9.96. The summed E-state index contributed by atoms with van der Waals surface area (Å²) in [7, 11) is 0. The molecular formula is C31H46Cl3N7O10. The van der Waals surface area contributed by atoms with E-state index in [9.17, 15) is 43.8 Å². The van der Waals surface area contributed by atoms with Crippen LogP contribution in [0, 0.1) is 11.8 Å². The highest BCUT2D eigenvalue weighted by Crippen LogP contribution is 2.31. The van der Waals surface area contributed by atoms with Gasteiger partial charge < -0.3 is 53.0 Å². The molecule has 0 aromatic rings. The van der Waals surface area contributed by atoms with Crippen LogP contribution in [-0.4, -0.2) is 106 Å². The van der Waals surface area contributed by atoms with Crippen molar-refractivity contribution in [2.75, 3.05) is 13.1 Å². The number of hydrogen-bond donors (Lipinski definition) is 9. The van der Waals surface area contributed by atoms with Crippen molar-refractivity contribution in [2.24, 2.45) is 23.3 Å². The quantitative estimate of drug-likeness (QED) is 0.0727. The molecule has 0 aromatic carbocycles. The summed E-state index contributed by atoms with van der Waals surface area (Å²) >= 11 is 17.8. The number of hydrogen-bond acceptors (Lipinski definition) is 11. The summed E-state index contributed by atoms with van der Waals surface area (Å²) in [6.45, 7) is 4.58. The third kappa shape index (κ3) is 12.6. The van der Waals surface area contributed by atoms with Crippen molar-refractivity contribution in [1.82, 2.24) is 26.6 Å². The molecule has 0 fully saturated rings. The SMILES string of the molecule is CC(C[C@H](NC(=O)CN)C(=O)N[C@H](C(=O)N[C@@H]1C(=O)N/C(=C/Cl)C(=O)N[C@H](C(=O)O)CC2=C(CCC2=O)O[C@H]1C(C)C)[C@H](O)CCCN)C(Cl)Cl. The predicted molar refractivity (Wildman–Crippen MR) is 186 cm³/mol. The number of allylic oxidation sites excluding steroid dienone is 1. The summed E-state index contributed by atoms with van der Waals surface area (Å²) < 4.78 is 6.21. The van der Waals surface area contributed by atoms with Crippen LogP contribution in [0.2, 0.25) is 0 Å². The first kappa shape index (κ1) is 43.7. The van der Waals surface area contributed by atoms with Crippen molar-refractivity contribution >= 4 is 76.1 Å². The topological polar surface area (TPSA) is 281 Å². The van der Waals surface area contributed by atoms with E-state index in [1.807, 2.05) is 0 Å². The molecule has 1 aliphatic heterocycles. The Kier molecular flexibility index (Phi) is 17.6. The normalized spacial score (nSPS) is 23.2. The minimum atomic E-state index is -1.73. The highest BCUT2D eigenvalue weighted by molar-refractivity contribution is 6.44. The highest BCUT2D eigenvalue weighted by atomic mass is 35.5. The average Bonchev–Trinajstić information content (AvgIpc) is 3.42. The van der Waals surface area contributed by atoms with E-state index >= 15 is 0 Å². The summed E-state index contributed by atoms with van der Waals surface area (Å²) in [5.74, 6) is -7.69. The molecule has 7 atom stereocenters. The monoisotopic (exact) mass is 781 g/mol. The number of carbonyl (C=O) groups excluding carboxylic acids is 6. The molecule has 5 amide bonds. The Morgan fingerprint density at radius 3 is 2.27 bits per heavy atom. The highest BCUT2D eigenvalue weighted by Gasteiger charge is 2.41. The number of alkyl halides is 2. The molecule has 0 radical (unpaired) electrons. The van der Waals surface area contributed by atoms with Crippen LogP contribution in [-0.2, 0) is 38.3 Å². The third-order valence-electron chi connectivity index (χ3n) is 8.26.